The smallest absolute Gasteiger partial charge is 0.387 e. The van der Waals surface area contributed by atoms with Crippen molar-refractivity contribution in [3.63, 3.8) is 0 Å². The molecular weight excluding hydrogens is 304 g/mol. The average molecular weight is 319 g/mol. The van der Waals surface area contributed by atoms with Crippen LogP contribution in [0.4, 0.5) is 8.78 Å². The third-order valence-electron chi connectivity index (χ3n) is 2.79. The lowest BCUT2D eigenvalue weighted by molar-refractivity contribution is -0.129. The maximum Gasteiger partial charge on any atom is 0.387 e. The lowest BCUT2D eigenvalue weighted by Gasteiger charge is -2.04. The van der Waals surface area contributed by atoms with Crippen LogP contribution in [0.15, 0.2) is 60.7 Å². The molecule has 2 aromatic rings. The Morgan fingerprint density at radius 1 is 1.09 bits per heavy atom. The van der Waals surface area contributed by atoms with Crippen LogP contribution in [-0.4, -0.2) is 12.5 Å². The summed E-state index contributed by atoms with van der Waals surface area (Å²) < 4.78 is 28.3. The van der Waals surface area contributed by atoms with Gasteiger partial charge in [0.15, 0.2) is 0 Å². The van der Waals surface area contributed by atoms with Gasteiger partial charge in [0.05, 0.1) is 6.61 Å². The highest BCUT2D eigenvalue weighted by Gasteiger charge is 2.03. The molecule has 0 saturated heterocycles. The predicted molar refractivity (Wildman–Crippen MR) is 81.5 cm³/mol. The Bertz CT molecular complexity index is 643. The molecule has 0 saturated carbocycles. The molecule has 23 heavy (non-hydrogen) atoms. The molecule has 0 aliphatic rings. The molecule has 6 heteroatoms. The fraction of sp³-hybridized carbons (Fsp3) is 0.118. The van der Waals surface area contributed by atoms with Crippen molar-refractivity contribution in [1.29, 1.82) is 0 Å². The summed E-state index contributed by atoms with van der Waals surface area (Å²) in [6.45, 7) is -2.59. The highest BCUT2D eigenvalue weighted by Crippen LogP contribution is 2.15. The first-order valence-corrected chi connectivity index (χ1v) is 6.82. The molecule has 0 bridgehead atoms. The number of hydrogen-bond donors (Lipinski definition) is 1. The first-order valence-electron chi connectivity index (χ1n) is 6.82. The standard InChI is InChI=1S/C17H15F2NO3/c18-17(19)23-15-9-6-13(7-10-15)8-11-16(21)20-22-12-14-4-2-1-3-5-14/h1-11,17H,12H2,(H,20,21). The average Bonchev–Trinajstić information content (AvgIpc) is 2.55. The van der Waals surface area contributed by atoms with Crippen molar-refractivity contribution in [2.75, 3.05) is 0 Å². The van der Waals surface area contributed by atoms with E-state index in [2.05, 4.69) is 10.2 Å². The summed E-state index contributed by atoms with van der Waals surface area (Å²) in [5.74, 6) is -0.360. The van der Waals surface area contributed by atoms with Crippen LogP contribution in [0.25, 0.3) is 6.08 Å². The molecule has 1 amide bonds. The van der Waals surface area contributed by atoms with Gasteiger partial charge in [0.1, 0.15) is 5.75 Å². The van der Waals surface area contributed by atoms with E-state index in [9.17, 15) is 13.6 Å². The number of carbonyl (C=O) groups excluding carboxylic acids is 1. The third-order valence-corrected chi connectivity index (χ3v) is 2.79. The Hall–Kier alpha value is -2.73. The Balaban J connectivity index is 1.77. The van der Waals surface area contributed by atoms with Gasteiger partial charge in [-0.15, -0.1) is 0 Å². The zero-order chi connectivity index (χ0) is 16.5. The molecule has 1 N–H and O–H groups in total. The minimum atomic E-state index is -2.86. The Morgan fingerprint density at radius 2 is 1.78 bits per heavy atom. The van der Waals surface area contributed by atoms with Crippen molar-refractivity contribution in [3.05, 3.63) is 71.8 Å². The number of benzene rings is 2. The van der Waals surface area contributed by atoms with E-state index in [1.807, 2.05) is 30.3 Å². The van der Waals surface area contributed by atoms with Crippen LogP contribution in [-0.2, 0) is 16.2 Å². The number of hydroxylamine groups is 1. The van der Waals surface area contributed by atoms with Crippen molar-refractivity contribution < 1.29 is 23.1 Å². The molecule has 0 spiro atoms. The zero-order valence-corrected chi connectivity index (χ0v) is 12.1. The lowest BCUT2D eigenvalue weighted by atomic mass is 10.2. The molecule has 0 unspecified atom stereocenters. The molecule has 0 aliphatic heterocycles. The van der Waals surface area contributed by atoms with Crippen molar-refractivity contribution in [2.45, 2.75) is 13.2 Å². The SMILES string of the molecule is O=C(C=Cc1ccc(OC(F)F)cc1)NOCc1ccccc1. The van der Waals surface area contributed by atoms with Crippen LogP contribution in [0, 0.1) is 0 Å². The predicted octanol–water partition coefficient (Wildman–Crippen LogP) is 3.55. The first-order chi connectivity index (χ1) is 11.1. The van der Waals surface area contributed by atoms with Crippen molar-refractivity contribution in [1.82, 2.24) is 5.48 Å². The Labute approximate surface area is 132 Å². The van der Waals surface area contributed by atoms with Crippen LogP contribution in [0.2, 0.25) is 0 Å². The van der Waals surface area contributed by atoms with Gasteiger partial charge in [-0.2, -0.15) is 8.78 Å². The molecule has 2 aromatic carbocycles. The van der Waals surface area contributed by atoms with Gasteiger partial charge in [-0.05, 0) is 29.3 Å². The molecule has 120 valence electrons. The molecule has 0 radical (unpaired) electrons. The zero-order valence-electron chi connectivity index (χ0n) is 12.1. The number of amides is 1. The quantitative estimate of drug-likeness (QED) is 0.627. The van der Waals surface area contributed by atoms with Crippen LogP contribution in [0.5, 0.6) is 5.75 Å². The van der Waals surface area contributed by atoms with E-state index in [-0.39, 0.29) is 12.4 Å². The fourth-order valence-corrected chi connectivity index (χ4v) is 1.73. The summed E-state index contributed by atoms with van der Waals surface area (Å²) in [6.07, 6.45) is 2.82. The molecule has 0 atom stereocenters. The molecule has 0 aliphatic carbocycles. The van der Waals surface area contributed by atoms with Crippen molar-refractivity contribution >= 4 is 12.0 Å². The summed E-state index contributed by atoms with van der Waals surface area (Å²) in [5.41, 5.74) is 3.90. The minimum absolute atomic E-state index is 0.0628. The van der Waals surface area contributed by atoms with Gasteiger partial charge in [-0.1, -0.05) is 42.5 Å². The molecular formula is C17H15F2NO3. The highest BCUT2D eigenvalue weighted by atomic mass is 19.3. The third kappa shape index (κ3) is 6.27. The Kier molecular flexibility index (Phi) is 6.26. The monoisotopic (exact) mass is 319 g/mol. The van der Waals surface area contributed by atoms with Gasteiger partial charge < -0.3 is 4.74 Å². The summed E-state index contributed by atoms with van der Waals surface area (Å²) in [4.78, 5) is 16.7. The molecule has 0 heterocycles. The van der Waals surface area contributed by atoms with Gasteiger partial charge in [0.25, 0.3) is 5.91 Å². The van der Waals surface area contributed by atoms with Crippen LogP contribution in [0.1, 0.15) is 11.1 Å². The summed E-state index contributed by atoms with van der Waals surface area (Å²) in [7, 11) is 0. The van der Waals surface area contributed by atoms with Gasteiger partial charge in [0, 0.05) is 6.08 Å². The van der Waals surface area contributed by atoms with Gasteiger partial charge >= 0.3 is 6.61 Å². The van der Waals surface area contributed by atoms with Crippen LogP contribution < -0.4 is 10.2 Å². The number of nitrogens with one attached hydrogen (secondary N) is 1. The second-order valence-corrected chi connectivity index (χ2v) is 4.52. The number of alkyl halides is 2. The van der Waals surface area contributed by atoms with Gasteiger partial charge in [-0.25, -0.2) is 5.48 Å². The summed E-state index contributed by atoms with van der Waals surface area (Å²) >= 11 is 0. The number of carbonyl (C=O) groups is 1. The van der Waals surface area contributed by atoms with Crippen LogP contribution in [0.3, 0.4) is 0 Å². The van der Waals surface area contributed by atoms with E-state index in [0.29, 0.717) is 5.56 Å². The van der Waals surface area contributed by atoms with Crippen LogP contribution >= 0.6 is 0 Å². The lowest BCUT2D eigenvalue weighted by Crippen LogP contribution is -2.21. The number of hydrogen-bond acceptors (Lipinski definition) is 3. The highest BCUT2D eigenvalue weighted by molar-refractivity contribution is 5.90. The largest absolute Gasteiger partial charge is 0.435 e. The van der Waals surface area contributed by atoms with E-state index >= 15 is 0 Å². The summed E-state index contributed by atoms with van der Waals surface area (Å²) in [6, 6.07) is 15.3. The number of halogens is 2. The molecule has 4 nitrogen and oxygen atoms in total. The molecule has 2 rings (SSSR count). The van der Waals surface area contributed by atoms with E-state index < -0.39 is 12.5 Å². The first kappa shape index (κ1) is 16.6. The fourth-order valence-electron chi connectivity index (χ4n) is 1.73. The second-order valence-electron chi connectivity index (χ2n) is 4.52. The minimum Gasteiger partial charge on any atom is -0.435 e. The topological polar surface area (TPSA) is 47.6 Å². The molecule has 0 aromatic heterocycles. The van der Waals surface area contributed by atoms with Gasteiger partial charge in [0.2, 0.25) is 0 Å². The van der Waals surface area contributed by atoms with E-state index in [1.54, 1.807) is 12.1 Å². The van der Waals surface area contributed by atoms with Crippen molar-refractivity contribution in [2.24, 2.45) is 0 Å². The van der Waals surface area contributed by atoms with Crippen molar-refractivity contribution in [3.8, 4) is 5.75 Å². The van der Waals surface area contributed by atoms with E-state index in [4.69, 9.17) is 4.84 Å². The maximum absolute atomic E-state index is 12.0. The number of ether oxygens (including phenoxy) is 1. The van der Waals surface area contributed by atoms with Gasteiger partial charge in [-0.3, -0.25) is 9.63 Å². The Morgan fingerprint density at radius 3 is 2.43 bits per heavy atom. The van der Waals surface area contributed by atoms with E-state index in [1.165, 1.54) is 24.3 Å². The molecule has 0 fully saturated rings. The summed E-state index contributed by atoms with van der Waals surface area (Å²) in [5, 5.41) is 0. The maximum atomic E-state index is 12.0. The normalized spacial score (nSPS) is 10.9. The van der Waals surface area contributed by atoms with E-state index in [0.717, 1.165) is 5.56 Å². The number of rotatable bonds is 7. The second kappa shape index (κ2) is 8.65.